The van der Waals surface area contributed by atoms with E-state index < -0.39 is 0 Å². The first-order chi connectivity index (χ1) is 17.4. The van der Waals surface area contributed by atoms with Gasteiger partial charge in [-0.3, -0.25) is 9.59 Å². The lowest BCUT2D eigenvalue weighted by atomic mass is 9.84. The molecular weight excluding hydrogens is 712 g/mol. The largest absolute Gasteiger partial charge is 0.289 e. The Bertz CT molecular complexity index is 2400. The Kier molecular flexibility index (Phi) is 4.30. The van der Waals surface area contributed by atoms with E-state index in [0.29, 0.717) is 21.5 Å². The van der Waals surface area contributed by atoms with Crippen LogP contribution in [0.2, 0.25) is 0 Å². The molecule has 0 aliphatic heterocycles. The van der Waals surface area contributed by atoms with E-state index >= 15 is 0 Å². The van der Waals surface area contributed by atoms with Crippen molar-refractivity contribution in [2.75, 3.05) is 0 Å². The molecule has 0 saturated heterocycles. The Morgan fingerprint density at radius 3 is 1.86 bits per heavy atom. The van der Waals surface area contributed by atoms with E-state index in [2.05, 4.69) is 75.9 Å². The summed E-state index contributed by atoms with van der Waals surface area (Å²) in [5, 5.41) is 12.6. The summed E-state index contributed by atoms with van der Waals surface area (Å²) < 4.78 is 3.25. The summed E-state index contributed by atoms with van der Waals surface area (Å²) in [5.41, 5.74) is 0.00191. The quantitative estimate of drug-likeness (QED) is 0.115. The van der Waals surface area contributed by atoms with Crippen molar-refractivity contribution >= 4 is 139 Å². The van der Waals surface area contributed by atoms with Gasteiger partial charge in [0.15, 0.2) is 10.9 Å². The topological polar surface area (TPSA) is 34.1 Å². The van der Waals surface area contributed by atoms with Gasteiger partial charge in [-0.15, -0.1) is 0 Å². The molecule has 0 aromatic heterocycles. The number of fused-ring (bicyclic) bond motifs is 4. The molecule has 0 spiro atoms. The smallest absolute Gasteiger partial charge is 0.196 e. The van der Waals surface area contributed by atoms with Crippen molar-refractivity contribution in [3.05, 3.63) is 99.0 Å². The number of hydrogen-bond donors (Lipinski definition) is 0. The van der Waals surface area contributed by atoms with Gasteiger partial charge in [0.25, 0.3) is 0 Å². The average Bonchev–Trinajstić information content (AvgIpc) is 2.87. The monoisotopic (exact) mass is 718 g/mol. The predicted octanol–water partition coefficient (Wildman–Crippen LogP) is 9.84. The van der Waals surface area contributed by atoms with Crippen molar-refractivity contribution < 1.29 is 0 Å². The maximum atomic E-state index is 13.9. The predicted molar refractivity (Wildman–Crippen MR) is 166 cm³/mol. The summed E-state index contributed by atoms with van der Waals surface area (Å²) in [6.45, 7) is 0. The average molecular weight is 722 g/mol. The van der Waals surface area contributed by atoms with Crippen LogP contribution in [0.1, 0.15) is 0 Å². The summed E-state index contributed by atoms with van der Waals surface area (Å²) in [5.74, 6) is 0. The van der Waals surface area contributed by atoms with Crippen LogP contribution in [0.5, 0.6) is 0 Å². The van der Waals surface area contributed by atoms with Crippen molar-refractivity contribution in [2.45, 2.75) is 0 Å². The van der Waals surface area contributed by atoms with Gasteiger partial charge < -0.3 is 0 Å². The van der Waals surface area contributed by atoms with Gasteiger partial charge in [-0.1, -0.05) is 62.2 Å². The van der Waals surface area contributed by atoms with Crippen molar-refractivity contribution in [1.29, 1.82) is 0 Å². The van der Waals surface area contributed by atoms with Crippen LogP contribution in [-0.2, 0) is 0 Å². The van der Waals surface area contributed by atoms with Gasteiger partial charge in [0, 0.05) is 55.6 Å². The second kappa shape index (κ2) is 7.13. The Balaban J connectivity index is 1.84. The van der Waals surface area contributed by atoms with E-state index in [1.54, 1.807) is 0 Å². The van der Waals surface area contributed by atoms with E-state index in [0.717, 1.165) is 71.8 Å². The lowest BCUT2D eigenvalue weighted by molar-refractivity contribution is 1.66. The first-order valence-electron chi connectivity index (χ1n) is 11.2. The molecular formula is C30H10Br4O2. The van der Waals surface area contributed by atoms with Crippen LogP contribution in [-0.4, -0.2) is 0 Å². The minimum atomic E-state index is -0.0211. The number of rotatable bonds is 0. The first-order valence-corrected chi connectivity index (χ1v) is 14.4. The molecule has 0 N–H and O–H groups in total. The molecule has 0 amide bonds. The fourth-order valence-corrected chi connectivity index (χ4v) is 8.38. The van der Waals surface area contributed by atoms with Crippen molar-refractivity contribution in [2.24, 2.45) is 0 Å². The van der Waals surface area contributed by atoms with E-state index in [1.807, 2.05) is 48.5 Å². The second-order valence-electron chi connectivity index (χ2n) is 9.22. The Hall–Kier alpha value is -2.38. The molecule has 0 aliphatic carbocycles. The fraction of sp³-hybridized carbons (Fsp3) is 0. The minimum Gasteiger partial charge on any atom is -0.289 e. The molecule has 0 aliphatic rings. The molecule has 0 fully saturated rings. The van der Waals surface area contributed by atoms with Gasteiger partial charge in [-0.25, -0.2) is 0 Å². The van der Waals surface area contributed by atoms with Gasteiger partial charge in [0.2, 0.25) is 0 Å². The molecule has 0 bridgehead atoms. The highest BCUT2D eigenvalue weighted by atomic mass is 79.9. The third kappa shape index (κ3) is 2.42. The number of hydrogen-bond acceptors (Lipinski definition) is 2. The van der Waals surface area contributed by atoms with E-state index in [9.17, 15) is 9.59 Å². The van der Waals surface area contributed by atoms with Gasteiger partial charge >= 0.3 is 0 Å². The lowest BCUT2D eigenvalue weighted by Crippen LogP contribution is -2.07. The number of halogens is 4. The summed E-state index contributed by atoms with van der Waals surface area (Å²) in [7, 11) is 0. The zero-order valence-electron chi connectivity index (χ0n) is 18.1. The molecule has 2 nitrogen and oxygen atoms in total. The Labute approximate surface area is 236 Å². The van der Waals surface area contributed by atoms with Crippen molar-refractivity contribution in [1.82, 2.24) is 0 Å². The molecule has 6 heteroatoms. The van der Waals surface area contributed by atoms with Crippen LogP contribution < -0.4 is 10.9 Å². The molecule has 0 heterocycles. The van der Waals surface area contributed by atoms with Crippen LogP contribution in [0.15, 0.2) is 88.1 Å². The van der Waals surface area contributed by atoms with Crippen LogP contribution in [0.25, 0.3) is 75.4 Å². The minimum absolute atomic E-state index is 0.0211. The fourth-order valence-electron chi connectivity index (χ4n) is 6.15. The van der Waals surface area contributed by atoms with Crippen molar-refractivity contribution in [3.8, 4) is 0 Å². The molecule has 8 aromatic carbocycles. The summed E-state index contributed by atoms with van der Waals surface area (Å²) in [4.78, 5) is 27.6. The maximum absolute atomic E-state index is 13.9. The second-order valence-corrected chi connectivity index (χ2v) is 12.5. The Morgan fingerprint density at radius 1 is 0.417 bits per heavy atom. The molecule has 0 radical (unpaired) electrons. The van der Waals surface area contributed by atoms with Crippen molar-refractivity contribution in [3.63, 3.8) is 0 Å². The van der Waals surface area contributed by atoms with E-state index in [1.165, 1.54) is 0 Å². The van der Waals surface area contributed by atoms with E-state index in [4.69, 9.17) is 0 Å². The zero-order chi connectivity index (χ0) is 24.6. The zero-order valence-corrected chi connectivity index (χ0v) is 24.4. The van der Waals surface area contributed by atoms with Crippen LogP contribution in [0, 0.1) is 0 Å². The molecule has 170 valence electrons. The molecule has 0 atom stereocenters. The normalized spacial score (nSPS) is 12.7. The molecule has 8 aromatic rings. The lowest BCUT2D eigenvalue weighted by Gasteiger charge is -2.21. The maximum Gasteiger partial charge on any atom is 0.196 e. The van der Waals surface area contributed by atoms with Crippen LogP contribution in [0.3, 0.4) is 0 Å². The highest BCUT2D eigenvalue weighted by Crippen LogP contribution is 2.50. The summed E-state index contributed by atoms with van der Waals surface area (Å²) in [6, 6.07) is 20.0. The van der Waals surface area contributed by atoms with Crippen LogP contribution >= 0.6 is 63.7 Å². The highest BCUT2D eigenvalue weighted by Gasteiger charge is 2.25. The third-order valence-corrected chi connectivity index (χ3v) is 11.0. The summed E-state index contributed by atoms with van der Waals surface area (Å²) >= 11 is 14.9. The summed E-state index contributed by atoms with van der Waals surface area (Å²) in [6.07, 6.45) is 0. The molecule has 36 heavy (non-hydrogen) atoms. The SMILES string of the molecule is O=c1c2cccc(Br)c2c2cc3c(Br)c(Br)c4c(=O)c5c(Br)cccc5c5cc6ccc1c2c6c3c45. The van der Waals surface area contributed by atoms with E-state index in [-0.39, 0.29) is 10.9 Å². The van der Waals surface area contributed by atoms with Crippen LogP contribution in [0.4, 0.5) is 0 Å². The van der Waals surface area contributed by atoms with Gasteiger partial charge in [-0.2, -0.15) is 0 Å². The number of benzene rings is 8. The van der Waals surface area contributed by atoms with Gasteiger partial charge in [0.05, 0.1) is 0 Å². The molecule has 0 unspecified atom stereocenters. The highest BCUT2D eigenvalue weighted by molar-refractivity contribution is 9.13. The molecule has 8 rings (SSSR count). The molecule has 0 saturated carbocycles. The third-order valence-electron chi connectivity index (χ3n) is 7.56. The standard InChI is InChI=1S/C30H10Br4O2/c31-18-5-2-4-13-21(18)16-10-17-25-20-11(7-8-14(22(16)20)29(13)35)9-15-12-3-1-6-19(32)23(12)30(36)26(24(15)25)28(34)27(17)33/h1-10H. The Morgan fingerprint density at radius 2 is 1.08 bits per heavy atom. The van der Waals surface area contributed by atoms with Gasteiger partial charge in [0.1, 0.15) is 0 Å². The van der Waals surface area contributed by atoms with Gasteiger partial charge in [-0.05, 0) is 99.9 Å². The first kappa shape index (κ1) is 21.7.